The van der Waals surface area contributed by atoms with Gasteiger partial charge < -0.3 is 25.3 Å². The van der Waals surface area contributed by atoms with Gasteiger partial charge in [-0.3, -0.25) is 14.6 Å². The van der Waals surface area contributed by atoms with Crippen LogP contribution in [0.1, 0.15) is 38.4 Å². The molecule has 3 aromatic rings. The number of nitrogens with zero attached hydrogens (tertiary/aromatic N) is 1. The molecule has 0 saturated heterocycles. The predicted octanol–water partition coefficient (Wildman–Crippen LogP) is 5.86. The van der Waals surface area contributed by atoms with Crippen LogP contribution in [0, 0.1) is 12.8 Å². The van der Waals surface area contributed by atoms with Crippen molar-refractivity contribution in [2.24, 2.45) is 11.7 Å². The van der Waals surface area contributed by atoms with Gasteiger partial charge >= 0.3 is 6.36 Å². The lowest BCUT2D eigenvalue weighted by molar-refractivity contribution is -0.274. The van der Waals surface area contributed by atoms with Crippen LogP contribution in [0.15, 0.2) is 60.6 Å². The van der Waals surface area contributed by atoms with Gasteiger partial charge in [-0.05, 0) is 66.8 Å². The second kappa shape index (κ2) is 11.0. The number of nitrogens with two attached hydrogens (primary N) is 1. The molecule has 1 heterocycles. The minimum Gasteiger partial charge on any atom is -0.493 e. The SMILES string of the molecule is COc1cc(OC(F)(F)F)ccc1Oc1cc(CC2C=C(F)C2)cc(C)c1C(=O)Nc1ccnc(C(N)=O)c1. The van der Waals surface area contributed by atoms with Crippen molar-refractivity contribution in [1.82, 2.24) is 4.98 Å². The minimum absolute atomic E-state index is 0.0192. The van der Waals surface area contributed by atoms with Crippen LogP contribution in [0.4, 0.5) is 23.2 Å². The molecular formula is C27H23F4N3O5. The normalized spacial score (nSPS) is 14.6. The summed E-state index contributed by atoms with van der Waals surface area (Å²) in [7, 11) is 1.24. The highest BCUT2D eigenvalue weighted by atomic mass is 19.4. The number of allylic oxidation sites excluding steroid dienone is 2. The molecule has 1 atom stereocenters. The summed E-state index contributed by atoms with van der Waals surface area (Å²) in [6.45, 7) is 1.68. The summed E-state index contributed by atoms with van der Waals surface area (Å²) in [6.07, 6.45) is -1.30. The summed E-state index contributed by atoms with van der Waals surface area (Å²) >= 11 is 0. The Kier molecular flexibility index (Phi) is 7.75. The number of aryl methyl sites for hydroxylation is 1. The van der Waals surface area contributed by atoms with Crippen molar-refractivity contribution >= 4 is 17.5 Å². The quantitative estimate of drug-likeness (QED) is 0.326. The molecule has 0 bridgehead atoms. The molecule has 0 saturated carbocycles. The Balaban J connectivity index is 1.70. The lowest BCUT2D eigenvalue weighted by Crippen LogP contribution is -2.18. The molecule has 0 spiro atoms. The van der Waals surface area contributed by atoms with E-state index in [2.05, 4.69) is 15.0 Å². The molecule has 39 heavy (non-hydrogen) atoms. The maximum absolute atomic E-state index is 13.4. The Morgan fingerprint density at radius 2 is 1.85 bits per heavy atom. The number of ether oxygens (including phenoxy) is 3. The fourth-order valence-corrected chi connectivity index (χ4v) is 4.11. The van der Waals surface area contributed by atoms with Gasteiger partial charge in [-0.25, -0.2) is 4.39 Å². The molecule has 0 radical (unpaired) electrons. The van der Waals surface area contributed by atoms with Crippen molar-refractivity contribution < 1.29 is 41.4 Å². The molecule has 4 rings (SSSR count). The molecule has 8 nitrogen and oxygen atoms in total. The average molecular weight is 545 g/mol. The number of alkyl halides is 3. The van der Waals surface area contributed by atoms with E-state index in [9.17, 15) is 27.2 Å². The van der Waals surface area contributed by atoms with Crippen LogP contribution in [0.3, 0.4) is 0 Å². The van der Waals surface area contributed by atoms with E-state index in [-0.39, 0.29) is 45.9 Å². The summed E-state index contributed by atoms with van der Waals surface area (Å²) in [5, 5.41) is 2.67. The molecule has 204 valence electrons. The third kappa shape index (κ3) is 6.83. The summed E-state index contributed by atoms with van der Waals surface area (Å²) in [4.78, 5) is 28.7. The number of pyridine rings is 1. The smallest absolute Gasteiger partial charge is 0.493 e. The standard InChI is InChI=1S/C27H23F4N3O5/c1-14-7-15(8-16-9-17(28)10-16)11-23(24(14)26(36)34-18-5-6-33-20(12-18)25(32)35)38-21-4-3-19(13-22(21)37-2)39-27(29,30)31/h3-7,9,11-13,16H,8,10H2,1-2H3,(H2,32,35)(H,33,34,36). The van der Waals surface area contributed by atoms with Crippen molar-refractivity contribution in [2.45, 2.75) is 26.1 Å². The Morgan fingerprint density at radius 1 is 1.10 bits per heavy atom. The zero-order valence-electron chi connectivity index (χ0n) is 20.8. The number of hydrogen-bond donors (Lipinski definition) is 2. The number of carbonyl (C=O) groups is 2. The number of benzene rings is 2. The average Bonchev–Trinajstić information content (AvgIpc) is 2.83. The van der Waals surface area contributed by atoms with Crippen LogP contribution in [-0.2, 0) is 6.42 Å². The number of methoxy groups -OCH3 is 1. The van der Waals surface area contributed by atoms with E-state index in [0.29, 0.717) is 18.4 Å². The van der Waals surface area contributed by atoms with Gasteiger partial charge in [0.2, 0.25) is 0 Å². The van der Waals surface area contributed by atoms with Gasteiger partial charge in [-0.1, -0.05) is 6.07 Å². The van der Waals surface area contributed by atoms with E-state index in [0.717, 1.165) is 17.7 Å². The number of halogens is 4. The maximum Gasteiger partial charge on any atom is 0.573 e. The minimum atomic E-state index is -4.90. The summed E-state index contributed by atoms with van der Waals surface area (Å²) in [6, 6.07) is 9.42. The predicted molar refractivity (Wildman–Crippen MR) is 133 cm³/mol. The Hall–Kier alpha value is -4.61. The number of rotatable bonds is 9. The van der Waals surface area contributed by atoms with Crippen molar-refractivity contribution in [3.8, 4) is 23.0 Å². The monoisotopic (exact) mass is 545 g/mol. The number of carbonyl (C=O) groups excluding carboxylic acids is 2. The molecule has 3 N–H and O–H groups in total. The molecule has 0 aliphatic heterocycles. The topological polar surface area (TPSA) is 113 Å². The molecule has 1 aromatic heterocycles. The second-order valence-electron chi connectivity index (χ2n) is 8.78. The van der Waals surface area contributed by atoms with Gasteiger partial charge in [0.1, 0.15) is 17.2 Å². The Labute approximate surface area is 220 Å². The number of amides is 2. The van der Waals surface area contributed by atoms with Crippen LogP contribution in [0.2, 0.25) is 0 Å². The van der Waals surface area contributed by atoms with Gasteiger partial charge in [0.25, 0.3) is 11.8 Å². The van der Waals surface area contributed by atoms with E-state index in [1.165, 1.54) is 37.6 Å². The van der Waals surface area contributed by atoms with Crippen molar-refractivity contribution in [1.29, 1.82) is 0 Å². The molecule has 1 aliphatic rings. The van der Waals surface area contributed by atoms with E-state index in [1.807, 2.05) is 0 Å². The number of anilines is 1. The van der Waals surface area contributed by atoms with Crippen LogP contribution in [0.5, 0.6) is 23.0 Å². The van der Waals surface area contributed by atoms with Crippen LogP contribution < -0.4 is 25.3 Å². The first-order valence-electron chi connectivity index (χ1n) is 11.6. The zero-order valence-corrected chi connectivity index (χ0v) is 20.8. The summed E-state index contributed by atoms with van der Waals surface area (Å²) in [5.41, 5.74) is 6.85. The molecule has 1 aliphatic carbocycles. The zero-order chi connectivity index (χ0) is 28.3. The first-order chi connectivity index (χ1) is 18.4. The van der Waals surface area contributed by atoms with Crippen LogP contribution >= 0.6 is 0 Å². The lowest BCUT2D eigenvalue weighted by Gasteiger charge is -2.22. The van der Waals surface area contributed by atoms with Crippen molar-refractivity contribution in [3.63, 3.8) is 0 Å². The Bertz CT molecular complexity index is 1460. The van der Waals surface area contributed by atoms with Crippen LogP contribution in [0.25, 0.3) is 0 Å². The molecule has 1 unspecified atom stereocenters. The first kappa shape index (κ1) is 27.4. The highest BCUT2D eigenvalue weighted by Gasteiger charge is 2.31. The van der Waals surface area contributed by atoms with E-state index in [4.69, 9.17) is 15.2 Å². The first-order valence-corrected chi connectivity index (χ1v) is 11.6. The summed E-state index contributed by atoms with van der Waals surface area (Å²) < 4.78 is 66.4. The molecular weight excluding hydrogens is 522 g/mol. The molecule has 12 heteroatoms. The van der Waals surface area contributed by atoms with Crippen molar-refractivity contribution in [2.75, 3.05) is 12.4 Å². The fraction of sp³-hybridized carbons (Fsp3) is 0.222. The van der Waals surface area contributed by atoms with Gasteiger partial charge in [-0.2, -0.15) is 0 Å². The molecule has 2 amide bonds. The van der Waals surface area contributed by atoms with Crippen molar-refractivity contribution in [3.05, 3.63) is 82.9 Å². The van der Waals surface area contributed by atoms with Gasteiger partial charge in [0.15, 0.2) is 11.5 Å². The van der Waals surface area contributed by atoms with Gasteiger partial charge in [0.05, 0.1) is 18.5 Å². The van der Waals surface area contributed by atoms with E-state index < -0.39 is 23.9 Å². The highest BCUT2D eigenvalue weighted by Crippen LogP contribution is 2.39. The van der Waals surface area contributed by atoms with Gasteiger partial charge in [-0.15, -0.1) is 13.2 Å². The summed E-state index contributed by atoms with van der Waals surface area (Å²) in [5.74, 6) is -2.07. The number of aromatic nitrogens is 1. The van der Waals surface area contributed by atoms with E-state index in [1.54, 1.807) is 19.1 Å². The highest BCUT2D eigenvalue weighted by molar-refractivity contribution is 6.07. The number of primary amides is 1. The largest absolute Gasteiger partial charge is 0.573 e. The molecule has 2 aromatic carbocycles. The molecule has 0 fully saturated rings. The number of nitrogens with one attached hydrogen (secondary N) is 1. The van der Waals surface area contributed by atoms with Gasteiger partial charge in [0, 0.05) is 24.4 Å². The maximum atomic E-state index is 13.4. The Morgan fingerprint density at radius 3 is 2.49 bits per heavy atom. The van der Waals surface area contributed by atoms with Crippen LogP contribution in [-0.4, -0.2) is 30.3 Å². The van der Waals surface area contributed by atoms with E-state index >= 15 is 0 Å². The third-order valence-corrected chi connectivity index (χ3v) is 5.82. The second-order valence-corrected chi connectivity index (χ2v) is 8.78. The number of hydrogen-bond acceptors (Lipinski definition) is 6. The fourth-order valence-electron chi connectivity index (χ4n) is 4.11. The third-order valence-electron chi connectivity index (χ3n) is 5.82. The lowest BCUT2D eigenvalue weighted by atomic mass is 9.86.